The number of rotatable bonds is 3. The zero-order valence-electron chi connectivity index (χ0n) is 12.9. The molecule has 0 unspecified atom stereocenters. The monoisotopic (exact) mass is 294 g/mol. The third-order valence-corrected chi connectivity index (χ3v) is 3.43. The van der Waals surface area contributed by atoms with Crippen molar-refractivity contribution in [1.29, 1.82) is 0 Å². The third-order valence-electron chi connectivity index (χ3n) is 3.43. The van der Waals surface area contributed by atoms with Crippen LogP contribution in [0.15, 0.2) is 10.9 Å². The first-order valence-corrected chi connectivity index (χ1v) is 7.26. The number of hydrogen-bond acceptors (Lipinski definition) is 5. The molecule has 0 bridgehead atoms. The van der Waals surface area contributed by atoms with Gasteiger partial charge in [0.1, 0.15) is 11.7 Å². The van der Waals surface area contributed by atoms with Crippen LogP contribution >= 0.6 is 0 Å². The summed E-state index contributed by atoms with van der Waals surface area (Å²) in [5.41, 5.74) is 0.873. The first-order valence-electron chi connectivity index (χ1n) is 7.26. The summed E-state index contributed by atoms with van der Waals surface area (Å²) >= 11 is 0. The molecule has 116 valence electrons. The van der Waals surface area contributed by atoms with Gasteiger partial charge in [-0.25, -0.2) is 9.89 Å². The molecule has 6 nitrogen and oxygen atoms in total. The highest BCUT2D eigenvalue weighted by Crippen LogP contribution is 2.37. The summed E-state index contributed by atoms with van der Waals surface area (Å²) in [4.78, 5) is 23.3. The van der Waals surface area contributed by atoms with E-state index in [2.05, 4.69) is 10.2 Å². The van der Waals surface area contributed by atoms with E-state index in [1.54, 1.807) is 20.8 Å². The number of carbonyl (C=O) groups is 1. The van der Waals surface area contributed by atoms with Gasteiger partial charge in [0, 0.05) is 5.56 Å². The fourth-order valence-corrected chi connectivity index (χ4v) is 2.27. The van der Waals surface area contributed by atoms with Gasteiger partial charge in [0.25, 0.3) is 5.56 Å². The van der Waals surface area contributed by atoms with Gasteiger partial charge in [0.15, 0.2) is 0 Å². The van der Waals surface area contributed by atoms with E-state index in [0.29, 0.717) is 12.8 Å². The number of nitrogens with one attached hydrogen (secondary N) is 1. The Morgan fingerprint density at radius 3 is 2.67 bits per heavy atom. The first kappa shape index (κ1) is 15.5. The van der Waals surface area contributed by atoms with Crippen LogP contribution in [0.4, 0.5) is 4.79 Å². The number of carbonyl (C=O) groups excluding carboxylic acids is 1. The Balaban J connectivity index is 1.89. The standard InChI is InChI=1S/C15H22N2O4/c1-5-10-8-12(13(18)17-16-10)9-6-11(7-9)20-14(19)21-15(2,3)4/h8-9,11H,5-7H2,1-4H3,(H,17,18). The quantitative estimate of drug-likeness (QED) is 0.866. The van der Waals surface area contributed by atoms with Gasteiger partial charge in [-0.3, -0.25) is 4.79 Å². The fourth-order valence-electron chi connectivity index (χ4n) is 2.27. The summed E-state index contributed by atoms with van der Waals surface area (Å²) in [6.07, 6.45) is 1.24. The maximum Gasteiger partial charge on any atom is 0.509 e. The Bertz CT molecular complexity index is 568. The number of H-pyrrole nitrogens is 1. The molecule has 1 aliphatic rings. The van der Waals surface area contributed by atoms with Crippen LogP contribution in [-0.2, 0) is 15.9 Å². The summed E-state index contributed by atoms with van der Waals surface area (Å²) in [6.45, 7) is 7.36. The van der Waals surface area contributed by atoms with Gasteiger partial charge in [0.2, 0.25) is 0 Å². The van der Waals surface area contributed by atoms with E-state index in [4.69, 9.17) is 9.47 Å². The van der Waals surface area contributed by atoms with Gasteiger partial charge in [-0.15, -0.1) is 0 Å². The minimum Gasteiger partial charge on any atom is -0.431 e. The largest absolute Gasteiger partial charge is 0.509 e. The Morgan fingerprint density at radius 2 is 2.10 bits per heavy atom. The minimum absolute atomic E-state index is 0.120. The summed E-state index contributed by atoms with van der Waals surface area (Å²) in [7, 11) is 0. The highest BCUT2D eigenvalue weighted by molar-refractivity contribution is 5.60. The maximum atomic E-state index is 11.8. The zero-order chi connectivity index (χ0) is 15.6. The third kappa shape index (κ3) is 4.06. The summed E-state index contributed by atoms with van der Waals surface area (Å²) in [6, 6.07) is 1.84. The Morgan fingerprint density at radius 1 is 1.43 bits per heavy atom. The van der Waals surface area contributed by atoms with Crippen LogP contribution in [0.25, 0.3) is 0 Å². The van der Waals surface area contributed by atoms with Gasteiger partial charge in [0.05, 0.1) is 5.69 Å². The van der Waals surface area contributed by atoms with Crippen molar-refractivity contribution in [3.05, 3.63) is 27.7 Å². The van der Waals surface area contributed by atoms with E-state index in [1.807, 2.05) is 13.0 Å². The van der Waals surface area contributed by atoms with Crippen molar-refractivity contribution in [3.8, 4) is 0 Å². The highest BCUT2D eigenvalue weighted by atomic mass is 16.7. The second-order valence-corrected chi connectivity index (χ2v) is 6.37. The molecule has 1 aromatic rings. The van der Waals surface area contributed by atoms with E-state index in [0.717, 1.165) is 17.7 Å². The van der Waals surface area contributed by atoms with Crippen molar-refractivity contribution in [2.24, 2.45) is 0 Å². The van der Waals surface area contributed by atoms with Crippen molar-refractivity contribution in [3.63, 3.8) is 0 Å². The number of aromatic nitrogens is 2. The maximum absolute atomic E-state index is 11.8. The van der Waals surface area contributed by atoms with E-state index < -0.39 is 11.8 Å². The molecule has 1 aliphatic carbocycles. The number of ether oxygens (including phenoxy) is 2. The predicted octanol–water partition coefficient (Wildman–Crippen LogP) is 2.53. The Hall–Kier alpha value is -1.85. The van der Waals surface area contributed by atoms with Gasteiger partial charge < -0.3 is 9.47 Å². The Kier molecular flexibility index (Phi) is 4.34. The SMILES string of the molecule is CCc1cc(C2CC(OC(=O)OC(C)(C)C)C2)c(=O)[nH]n1. The van der Waals surface area contributed by atoms with E-state index in [-0.39, 0.29) is 17.6 Å². The van der Waals surface area contributed by atoms with Crippen molar-refractivity contribution in [1.82, 2.24) is 10.2 Å². The lowest BCUT2D eigenvalue weighted by Gasteiger charge is -2.34. The summed E-state index contributed by atoms with van der Waals surface area (Å²) in [5, 5.41) is 6.48. The second kappa shape index (κ2) is 5.87. The predicted molar refractivity (Wildman–Crippen MR) is 77.3 cm³/mol. The molecule has 1 fully saturated rings. The van der Waals surface area contributed by atoms with Gasteiger partial charge >= 0.3 is 6.16 Å². The van der Waals surface area contributed by atoms with Crippen molar-refractivity contribution in [2.45, 2.75) is 64.6 Å². The van der Waals surface area contributed by atoms with Crippen LogP contribution in [-0.4, -0.2) is 28.1 Å². The summed E-state index contributed by atoms with van der Waals surface area (Å²) in [5.74, 6) is 0.120. The van der Waals surface area contributed by atoms with Gasteiger partial charge in [-0.2, -0.15) is 5.10 Å². The van der Waals surface area contributed by atoms with Crippen LogP contribution in [0.3, 0.4) is 0 Å². The molecule has 0 radical (unpaired) electrons. The lowest BCUT2D eigenvalue weighted by atomic mass is 9.78. The molecular weight excluding hydrogens is 272 g/mol. The molecule has 6 heteroatoms. The average Bonchev–Trinajstić information content (AvgIpc) is 2.32. The lowest BCUT2D eigenvalue weighted by molar-refractivity contribution is -0.0481. The summed E-state index contributed by atoms with van der Waals surface area (Å²) < 4.78 is 10.3. The molecule has 0 spiro atoms. The molecule has 1 heterocycles. The number of aromatic amines is 1. The molecule has 0 atom stereocenters. The fraction of sp³-hybridized carbons (Fsp3) is 0.667. The number of hydrogen-bond donors (Lipinski definition) is 1. The normalized spacial score (nSPS) is 21.5. The van der Waals surface area contributed by atoms with Gasteiger partial charge in [-0.1, -0.05) is 6.92 Å². The van der Waals surface area contributed by atoms with Crippen LogP contribution in [0.1, 0.15) is 57.7 Å². The molecule has 0 amide bonds. The topological polar surface area (TPSA) is 81.3 Å². The van der Waals surface area contributed by atoms with Crippen LogP contribution < -0.4 is 5.56 Å². The molecule has 1 aromatic heterocycles. The molecule has 2 rings (SSSR count). The number of nitrogens with zero attached hydrogens (tertiary/aromatic N) is 1. The van der Waals surface area contributed by atoms with Crippen molar-refractivity contribution >= 4 is 6.16 Å². The molecule has 0 aromatic carbocycles. The molecule has 1 N–H and O–H groups in total. The average molecular weight is 294 g/mol. The Labute approximate surface area is 123 Å². The zero-order valence-corrected chi connectivity index (χ0v) is 12.9. The van der Waals surface area contributed by atoms with Crippen molar-refractivity contribution < 1.29 is 14.3 Å². The first-order chi connectivity index (χ1) is 9.78. The molecule has 0 saturated heterocycles. The van der Waals surface area contributed by atoms with E-state index in [9.17, 15) is 9.59 Å². The number of aryl methyl sites for hydroxylation is 1. The van der Waals surface area contributed by atoms with E-state index >= 15 is 0 Å². The minimum atomic E-state index is -0.649. The van der Waals surface area contributed by atoms with Crippen molar-refractivity contribution in [2.75, 3.05) is 0 Å². The van der Waals surface area contributed by atoms with Crippen LogP contribution in [0.2, 0.25) is 0 Å². The van der Waals surface area contributed by atoms with Crippen LogP contribution in [0, 0.1) is 0 Å². The molecule has 21 heavy (non-hydrogen) atoms. The highest BCUT2D eigenvalue weighted by Gasteiger charge is 2.36. The smallest absolute Gasteiger partial charge is 0.431 e. The molecular formula is C15H22N2O4. The lowest BCUT2D eigenvalue weighted by Crippen LogP contribution is -2.36. The van der Waals surface area contributed by atoms with E-state index in [1.165, 1.54) is 0 Å². The molecule has 0 aliphatic heterocycles. The van der Waals surface area contributed by atoms with Crippen LogP contribution in [0.5, 0.6) is 0 Å². The second-order valence-electron chi connectivity index (χ2n) is 6.37. The molecule has 1 saturated carbocycles. The van der Waals surface area contributed by atoms with Gasteiger partial charge in [-0.05, 0) is 52.0 Å².